The van der Waals surface area contributed by atoms with Gasteiger partial charge in [0, 0.05) is 4.43 Å². The molecule has 3 nitrogen and oxygen atoms in total. The molecule has 0 aliphatic carbocycles. The number of halogens is 1. The second-order valence-corrected chi connectivity index (χ2v) is 4.55. The van der Waals surface area contributed by atoms with Gasteiger partial charge in [-0.2, -0.15) is 0 Å². The van der Waals surface area contributed by atoms with Crippen LogP contribution in [0.4, 0.5) is 0 Å². The van der Waals surface area contributed by atoms with Gasteiger partial charge in [0.15, 0.2) is 0 Å². The molecule has 4 heteroatoms. The van der Waals surface area contributed by atoms with Crippen molar-refractivity contribution in [3.63, 3.8) is 0 Å². The second-order valence-electron chi connectivity index (χ2n) is 3.67. The third-order valence-corrected chi connectivity index (χ3v) is 3.02. The summed E-state index contributed by atoms with van der Waals surface area (Å²) in [6.45, 7) is 5.83. The highest BCUT2D eigenvalue weighted by atomic mass is 127. The lowest BCUT2D eigenvalue weighted by Crippen LogP contribution is -2.37. The molecule has 0 bridgehead atoms. The summed E-state index contributed by atoms with van der Waals surface area (Å²) in [4.78, 5) is 0. The molecule has 0 aromatic carbocycles. The van der Waals surface area contributed by atoms with Crippen LogP contribution in [0.15, 0.2) is 0 Å². The number of aliphatic hydroxyl groups excluding tert-OH is 1. The van der Waals surface area contributed by atoms with Crippen LogP contribution in [-0.4, -0.2) is 40.1 Å². The SMILES string of the molecule is CC(C)O[C@@H]1C(O)[C@H](C)O[C@@H]1CI. The molecule has 1 heterocycles. The molecule has 1 unspecified atom stereocenters. The van der Waals surface area contributed by atoms with Crippen LogP contribution < -0.4 is 0 Å². The fraction of sp³-hybridized carbons (Fsp3) is 1.00. The molecule has 4 atom stereocenters. The zero-order valence-electron chi connectivity index (χ0n) is 8.24. The van der Waals surface area contributed by atoms with Crippen LogP contribution in [0, 0.1) is 0 Å². The zero-order valence-corrected chi connectivity index (χ0v) is 10.4. The van der Waals surface area contributed by atoms with Crippen LogP contribution in [-0.2, 0) is 9.47 Å². The van der Waals surface area contributed by atoms with Gasteiger partial charge in [0.25, 0.3) is 0 Å². The molecule has 1 rings (SSSR count). The van der Waals surface area contributed by atoms with E-state index in [1.54, 1.807) is 0 Å². The van der Waals surface area contributed by atoms with E-state index >= 15 is 0 Å². The van der Waals surface area contributed by atoms with Crippen molar-refractivity contribution in [3.8, 4) is 0 Å². The number of aliphatic hydroxyl groups is 1. The number of hydrogen-bond acceptors (Lipinski definition) is 3. The Kier molecular flexibility index (Phi) is 4.41. The smallest absolute Gasteiger partial charge is 0.113 e. The van der Waals surface area contributed by atoms with Crippen molar-refractivity contribution >= 4 is 22.6 Å². The zero-order chi connectivity index (χ0) is 10.0. The maximum absolute atomic E-state index is 9.75. The third kappa shape index (κ3) is 2.78. The molecule has 78 valence electrons. The Labute approximate surface area is 92.9 Å². The highest BCUT2D eigenvalue weighted by Crippen LogP contribution is 2.25. The van der Waals surface area contributed by atoms with Crippen molar-refractivity contribution < 1.29 is 14.6 Å². The lowest BCUT2D eigenvalue weighted by Gasteiger charge is -2.21. The van der Waals surface area contributed by atoms with Gasteiger partial charge >= 0.3 is 0 Å². The quantitative estimate of drug-likeness (QED) is 0.632. The summed E-state index contributed by atoms with van der Waals surface area (Å²) in [5.41, 5.74) is 0. The third-order valence-electron chi connectivity index (χ3n) is 2.15. The number of hydrogen-bond donors (Lipinski definition) is 1. The molecular formula is C9H17IO3. The Morgan fingerprint density at radius 3 is 2.62 bits per heavy atom. The molecule has 13 heavy (non-hydrogen) atoms. The highest BCUT2D eigenvalue weighted by Gasteiger charge is 2.41. The fourth-order valence-electron chi connectivity index (χ4n) is 1.53. The monoisotopic (exact) mass is 300 g/mol. The van der Waals surface area contributed by atoms with Crippen molar-refractivity contribution in [1.29, 1.82) is 0 Å². The van der Waals surface area contributed by atoms with Crippen molar-refractivity contribution in [3.05, 3.63) is 0 Å². The molecule has 1 aliphatic rings. The van der Waals surface area contributed by atoms with Crippen molar-refractivity contribution in [2.75, 3.05) is 4.43 Å². The predicted octanol–water partition coefficient (Wildman–Crippen LogP) is 1.36. The molecule has 1 N–H and O–H groups in total. The molecule has 1 fully saturated rings. The largest absolute Gasteiger partial charge is 0.388 e. The van der Waals surface area contributed by atoms with Gasteiger partial charge in [0.1, 0.15) is 12.2 Å². The topological polar surface area (TPSA) is 38.7 Å². The number of alkyl halides is 1. The van der Waals surface area contributed by atoms with Crippen LogP contribution in [0.25, 0.3) is 0 Å². The first-order valence-corrected chi connectivity index (χ1v) is 6.13. The van der Waals surface area contributed by atoms with E-state index in [2.05, 4.69) is 22.6 Å². The molecular weight excluding hydrogens is 283 g/mol. The van der Waals surface area contributed by atoms with E-state index in [4.69, 9.17) is 9.47 Å². The van der Waals surface area contributed by atoms with Crippen LogP contribution in [0.1, 0.15) is 20.8 Å². The first kappa shape index (κ1) is 11.7. The van der Waals surface area contributed by atoms with Crippen molar-refractivity contribution in [2.24, 2.45) is 0 Å². The van der Waals surface area contributed by atoms with E-state index in [1.807, 2.05) is 20.8 Å². The van der Waals surface area contributed by atoms with Crippen molar-refractivity contribution in [2.45, 2.75) is 51.3 Å². The van der Waals surface area contributed by atoms with E-state index in [9.17, 15) is 5.11 Å². The summed E-state index contributed by atoms with van der Waals surface area (Å²) < 4.78 is 12.0. The first-order chi connectivity index (χ1) is 6.06. The fourth-order valence-corrected chi connectivity index (χ4v) is 2.24. The minimum atomic E-state index is -0.484. The number of ether oxygens (including phenoxy) is 2. The molecule has 0 spiro atoms. The Hall–Kier alpha value is 0.610. The summed E-state index contributed by atoms with van der Waals surface area (Å²) >= 11 is 2.26. The van der Waals surface area contributed by atoms with E-state index in [1.165, 1.54) is 0 Å². The summed E-state index contributed by atoms with van der Waals surface area (Å²) in [7, 11) is 0. The molecule has 0 aromatic rings. The second kappa shape index (κ2) is 4.91. The Morgan fingerprint density at radius 2 is 2.15 bits per heavy atom. The molecule has 1 aliphatic heterocycles. The summed E-state index contributed by atoms with van der Waals surface area (Å²) in [5.74, 6) is 0. The normalized spacial score (nSPS) is 40.2. The Balaban J connectivity index is 2.57. The van der Waals surface area contributed by atoms with Gasteiger partial charge in [-0.15, -0.1) is 0 Å². The molecule has 0 radical (unpaired) electrons. The van der Waals surface area contributed by atoms with E-state index in [0.29, 0.717) is 0 Å². The molecule has 0 aromatic heterocycles. The summed E-state index contributed by atoms with van der Waals surface area (Å²) in [6.07, 6.45) is -0.579. The van der Waals surface area contributed by atoms with Gasteiger partial charge in [0.2, 0.25) is 0 Å². The summed E-state index contributed by atoms with van der Waals surface area (Å²) in [5, 5.41) is 9.75. The lowest BCUT2D eigenvalue weighted by atomic mass is 10.1. The maximum Gasteiger partial charge on any atom is 0.113 e. The van der Waals surface area contributed by atoms with Gasteiger partial charge in [-0.1, -0.05) is 22.6 Å². The van der Waals surface area contributed by atoms with Crippen molar-refractivity contribution in [1.82, 2.24) is 0 Å². The van der Waals surface area contributed by atoms with Gasteiger partial charge in [-0.3, -0.25) is 0 Å². The average Bonchev–Trinajstić information content (AvgIpc) is 2.31. The molecule has 0 amide bonds. The lowest BCUT2D eigenvalue weighted by molar-refractivity contribution is -0.0597. The standard InChI is InChI=1S/C9H17IO3/c1-5(2)12-9-7(4-10)13-6(3)8(9)11/h5-9,11H,4H2,1-3H3/t6-,7+,8?,9-/m0/s1. The minimum Gasteiger partial charge on any atom is -0.388 e. The van der Waals surface area contributed by atoms with E-state index < -0.39 is 6.10 Å². The van der Waals surface area contributed by atoms with Crippen LogP contribution in [0.3, 0.4) is 0 Å². The minimum absolute atomic E-state index is 0.0352. The van der Waals surface area contributed by atoms with Gasteiger partial charge < -0.3 is 14.6 Å². The van der Waals surface area contributed by atoms with Gasteiger partial charge in [0.05, 0.1) is 18.3 Å². The van der Waals surface area contributed by atoms with E-state index in [-0.39, 0.29) is 24.4 Å². The average molecular weight is 300 g/mol. The van der Waals surface area contributed by atoms with Crippen LogP contribution in [0.2, 0.25) is 0 Å². The Morgan fingerprint density at radius 1 is 1.54 bits per heavy atom. The first-order valence-electron chi connectivity index (χ1n) is 4.61. The summed E-state index contributed by atoms with van der Waals surface area (Å²) in [6, 6.07) is 0. The predicted molar refractivity (Wildman–Crippen MR) is 59.2 cm³/mol. The van der Waals surface area contributed by atoms with Crippen LogP contribution >= 0.6 is 22.6 Å². The maximum atomic E-state index is 9.75. The van der Waals surface area contributed by atoms with Gasteiger partial charge in [-0.05, 0) is 20.8 Å². The Bertz CT molecular complexity index is 163. The molecule has 1 saturated heterocycles. The molecule has 0 saturated carbocycles. The van der Waals surface area contributed by atoms with E-state index in [0.717, 1.165) is 4.43 Å². The highest BCUT2D eigenvalue weighted by molar-refractivity contribution is 14.1. The van der Waals surface area contributed by atoms with Crippen LogP contribution in [0.5, 0.6) is 0 Å². The number of rotatable bonds is 3. The van der Waals surface area contributed by atoms with Gasteiger partial charge in [-0.25, -0.2) is 0 Å².